The van der Waals surface area contributed by atoms with Gasteiger partial charge in [0, 0.05) is 49.8 Å². The molecule has 5 rings (SSSR count). The van der Waals surface area contributed by atoms with Crippen LogP contribution in [0.25, 0.3) is 0 Å². The van der Waals surface area contributed by atoms with E-state index in [1.54, 1.807) is 12.4 Å². The van der Waals surface area contributed by atoms with Crippen molar-refractivity contribution >= 4 is 11.8 Å². The molecule has 150 valence electrons. The fourth-order valence-electron chi connectivity index (χ4n) is 5.22. The summed E-state index contributed by atoms with van der Waals surface area (Å²) in [4.78, 5) is 38.4. The lowest BCUT2D eigenvalue weighted by atomic mass is 9.83. The van der Waals surface area contributed by atoms with Gasteiger partial charge >= 0.3 is 0 Å². The number of rotatable bonds is 3. The van der Waals surface area contributed by atoms with Gasteiger partial charge in [0.25, 0.3) is 5.91 Å². The smallest absolute Gasteiger partial charge is 0.274 e. The highest BCUT2D eigenvalue weighted by atomic mass is 16.2. The second-order valence-corrected chi connectivity index (χ2v) is 8.64. The van der Waals surface area contributed by atoms with Crippen LogP contribution in [0.1, 0.15) is 46.9 Å². The Kier molecular flexibility index (Phi) is 4.57. The number of hydrogen-bond donors (Lipinski definition) is 0. The minimum absolute atomic E-state index is 0.0500. The monoisotopic (exact) mass is 390 g/mol. The molecule has 1 aromatic carbocycles. The first kappa shape index (κ1) is 18.3. The summed E-state index contributed by atoms with van der Waals surface area (Å²) in [5.74, 6) is 1.02. The first-order chi connectivity index (χ1) is 14.1. The van der Waals surface area contributed by atoms with Gasteiger partial charge in [0.1, 0.15) is 5.69 Å². The van der Waals surface area contributed by atoms with Crippen LogP contribution >= 0.6 is 0 Å². The standard InChI is InChI=1S/C23H26N4O2/c1-15-5-2-3-8-18(15)21-19-14-26(23(29)20-11-24-9-10-25-20)12-17(19)13-27(21)22(28)16-6-4-7-16/h2-3,5,8-11,16-17,19,21H,4,6-7,12-14H2,1H3/t17-,19-,21+/m0/s1. The third-order valence-corrected chi connectivity index (χ3v) is 6.98. The number of amides is 2. The molecule has 0 spiro atoms. The fourth-order valence-corrected chi connectivity index (χ4v) is 5.22. The summed E-state index contributed by atoms with van der Waals surface area (Å²) in [5.41, 5.74) is 2.83. The first-order valence-corrected chi connectivity index (χ1v) is 10.5. The van der Waals surface area contributed by atoms with E-state index in [9.17, 15) is 9.59 Å². The van der Waals surface area contributed by atoms with E-state index in [4.69, 9.17) is 0 Å². The molecule has 3 atom stereocenters. The number of carbonyl (C=O) groups excluding carboxylic acids is 2. The number of fused-ring (bicyclic) bond motifs is 1. The predicted octanol–water partition coefficient (Wildman–Crippen LogP) is 2.86. The number of aromatic nitrogens is 2. The number of hydrogen-bond acceptors (Lipinski definition) is 4. The first-order valence-electron chi connectivity index (χ1n) is 10.5. The Labute approximate surface area is 170 Å². The maximum Gasteiger partial charge on any atom is 0.274 e. The number of likely N-dealkylation sites (tertiary alicyclic amines) is 2. The van der Waals surface area contributed by atoms with Crippen LogP contribution in [0.4, 0.5) is 0 Å². The molecule has 2 saturated heterocycles. The average Bonchev–Trinajstić information content (AvgIpc) is 3.25. The summed E-state index contributed by atoms with van der Waals surface area (Å²) in [6, 6.07) is 8.41. The molecule has 3 fully saturated rings. The lowest BCUT2D eigenvalue weighted by Gasteiger charge is -2.35. The van der Waals surface area contributed by atoms with Crippen molar-refractivity contribution in [1.82, 2.24) is 19.8 Å². The van der Waals surface area contributed by atoms with Crippen molar-refractivity contribution in [2.45, 2.75) is 32.2 Å². The Morgan fingerprint density at radius 1 is 1.07 bits per heavy atom. The molecule has 3 aliphatic rings. The maximum absolute atomic E-state index is 13.2. The zero-order valence-corrected chi connectivity index (χ0v) is 16.7. The van der Waals surface area contributed by atoms with E-state index in [0.29, 0.717) is 30.6 Å². The van der Waals surface area contributed by atoms with Crippen molar-refractivity contribution in [2.75, 3.05) is 19.6 Å². The zero-order valence-electron chi connectivity index (χ0n) is 16.7. The van der Waals surface area contributed by atoms with Crippen molar-refractivity contribution < 1.29 is 9.59 Å². The molecule has 0 bridgehead atoms. The quantitative estimate of drug-likeness (QED) is 0.808. The highest BCUT2D eigenvalue weighted by Gasteiger charge is 2.51. The van der Waals surface area contributed by atoms with Gasteiger partial charge in [0.05, 0.1) is 12.2 Å². The lowest BCUT2D eigenvalue weighted by molar-refractivity contribution is -0.139. The summed E-state index contributed by atoms with van der Waals surface area (Å²) in [7, 11) is 0. The van der Waals surface area contributed by atoms with E-state index in [0.717, 1.165) is 25.8 Å². The van der Waals surface area contributed by atoms with Crippen LogP contribution in [0.15, 0.2) is 42.9 Å². The highest BCUT2D eigenvalue weighted by Crippen LogP contribution is 2.47. The predicted molar refractivity (Wildman–Crippen MR) is 108 cm³/mol. The number of carbonyl (C=O) groups is 2. The SMILES string of the molecule is Cc1ccccc1[C@@H]1[C@H]2CN(C(=O)c3cnccn3)C[C@H]2CN1C(=O)C1CCC1. The Hall–Kier alpha value is -2.76. The van der Waals surface area contributed by atoms with Crippen LogP contribution in [-0.2, 0) is 4.79 Å². The van der Waals surface area contributed by atoms with Crippen molar-refractivity contribution in [3.8, 4) is 0 Å². The van der Waals surface area contributed by atoms with E-state index in [-0.39, 0.29) is 23.8 Å². The molecule has 0 radical (unpaired) electrons. The van der Waals surface area contributed by atoms with Crippen molar-refractivity contribution in [2.24, 2.45) is 17.8 Å². The van der Waals surface area contributed by atoms with Crippen LogP contribution in [0.5, 0.6) is 0 Å². The second-order valence-electron chi connectivity index (χ2n) is 8.64. The zero-order chi connectivity index (χ0) is 20.0. The van der Waals surface area contributed by atoms with Gasteiger partial charge in [-0.2, -0.15) is 0 Å². The van der Waals surface area contributed by atoms with Gasteiger partial charge in [-0.25, -0.2) is 4.98 Å². The minimum Gasteiger partial charge on any atom is -0.337 e. The molecule has 2 aromatic rings. The van der Waals surface area contributed by atoms with Crippen molar-refractivity contribution in [1.29, 1.82) is 0 Å². The number of nitrogens with zero attached hydrogens (tertiary/aromatic N) is 4. The van der Waals surface area contributed by atoms with Crippen molar-refractivity contribution in [3.63, 3.8) is 0 Å². The van der Waals surface area contributed by atoms with Crippen LogP contribution < -0.4 is 0 Å². The number of benzene rings is 1. The molecule has 6 heteroatoms. The van der Waals surface area contributed by atoms with Crippen molar-refractivity contribution in [3.05, 3.63) is 59.7 Å². The maximum atomic E-state index is 13.2. The molecular weight excluding hydrogens is 364 g/mol. The second kappa shape index (κ2) is 7.25. The van der Waals surface area contributed by atoms with Crippen LogP contribution in [0.2, 0.25) is 0 Å². The van der Waals surface area contributed by atoms with Gasteiger partial charge in [0.2, 0.25) is 5.91 Å². The van der Waals surface area contributed by atoms with E-state index >= 15 is 0 Å². The summed E-state index contributed by atoms with van der Waals surface area (Å²) in [6.45, 7) is 4.19. The van der Waals surface area contributed by atoms with E-state index in [2.05, 4.69) is 40.0 Å². The van der Waals surface area contributed by atoms with Gasteiger partial charge in [-0.3, -0.25) is 14.6 Å². The van der Waals surface area contributed by atoms with Gasteiger partial charge in [-0.1, -0.05) is 30.7 Å². The Morgan fingerprint density at radius 3 is 2.59 bits per heavy atom. The van der Waals surface area contributed by atoms with E-state index < -0.39 is 0 Å². The molecule has 1 aliphatic carbocycles. The Morgan fingerprint density at radius 2 is 1.90 bits per heavy atom. The van der Waals surface area contributed by atoms with E-state index in [1.165, 1.54) is 17.3 Å². The van der Waals surface area contributed by atoms with Gasteiger partial charge in [-0.05, 0) is 30.9 Å². The molecule has 0 unspecified atom stereocenters. The molecular formula is C23H26N4O2. The lowest BCUT2D eigenvalue weighted by Crippen LogP contribution is -2.42. The van der Waals surface area contributed by atoms with E-state index in [1.807, 2.05) is 11.0 Å². The topological polar surface area (TPSA) is 66.4 Å². The largest absolute Gasteiger partial charge is 0.337 e. The Balaban J connectivity index is 1.43. The Bertz CT molecular complexity index is 927. The molecule has 1 aromatic heterocycles. The molecule has 29 heavy (non-hydrogen) atoms. The summed E-state index contributed by atoms with van der Waals surface area (Å²) < 4.78 is 0. The van der Waals surface area contributed by atoms with Crippen LogP contribution in [-0.4, -0.2) is 51.2 Å². The molecule has 2 amide bonds. The van der Waals surface area contributed by atoms with Gasteiger partial charge in [-0.15, -0.1) is 0 Å². The van der Waals surface area contributed by atoms with Gasteiger partial charge < -0.3 is 9.80 Å². The van der Waals surface area contributed by atoms with Crippen LogP contribution in [0.3, 0.4) is 0 Å². The highest BCUT2D eigenvalue weighted by molar-refractivity contribution is 5.92. The third-order valence-electron chi connectivity index (χ3n) is 6.98. The molecule has 1 saturated carbocycles. The minimum atomic E-state index is -0.0621. The molecule has 2 aliphatic heterocycles. The molecule has 6 nitrogen and oxygen atoms in total. The number of aryl methyl sites for hydroxylation is 1. The normalized spacial score (nSPS) is 26.3. The summed E-state index contributed by atoms with van der Waals surface area (Å²) >= 11 is 0. The molecule has 3 heterocycles. The summed E-state index contributed by atoms with van der Waals surface area (Å²) in [6.07, 6.45) is 7.85. The summed E-state index contributed by atoms with van der Waals surface area (Å²) in [5, 5.41) is 0. The fraction of sp³-hybridized carbons (Fsp3) is 0.478. The van der Waals surface area contributed by atoms with Gasteiger partial charge in [0.15, 0.2) is 0 Å². The van der Waals surface area contributed by atoms with Crippen LogP contribution in [0, 0.1) is 24.7 Å². The molecule has 0 N–H and O–H groups in total. The third kappa shape index (κ3) is 3.11. The average molecular weight is 390 g/mol.